The molecule has 2 rings (SSSR count). The van der Waals surface area contributed by atoms with Crippen molar-refractivity contribution in [2.24, 2.45) is 0 Å². The molecule has 0 spiro atoms. The van der Waals surface area contributed by atoms with Gasteiger partial charge in [0.25, 0.3) is 0 Å². The van der Waals surface area contributed by atoms with Gasteiger partial charge in [-0.3, -0.25) is 0 Å². The lowest BCUT2D eigenvalue weighted by Gasteiger charge is -2.32. The standard InChI is InChI=1S/C14H21NO4S/c1-11-6-4-5-9-15(11)20(16,17)14-10-12(18-2)7-8-13(14)19-3/h7-8,10-11H,4-6,9H2,1-3H3. The highest BCUT2D eigenvalue weighted by Crippen LogP contribution is 2.33. The monoisotopic (exact) mass is 299 g/mol. The smallest absolute Gasteiger partial charge is 0.247 e. The van der Waals surface area contributed by atoms with Gasteiger partial charge in [-0.15, -0.1) is 0 Å². The van der Waals surface area contributed by atoms with Crippen molar-refractivity contribution in [1.82, 2.24) is 4.31 Å². The summed E-state index contributed by atoms with van der Waals surface area (Å²) in [6.07, 6.45) is 2.86. The van der Waals surface area contributed by atoms with E-state index < -0.39 is 10.0 Å². The van der Waals surface area contributed by atoms with E-state index >= 15 is 0 Å². The Morgan fingerprint density at radius 1 is 1.20 bits per heavy atom. The molecule has 1 aromatic rings. The highest BCUT2D eigenvalue weighted by Gasteiger charge is 2.33. The van der Waals surface area contributed by atoms with Crippen LogP contribution in [0.2, 0.25) is 0 Å². The van der Waals surface area contributed by atoms with Gasteiger partial charge >= 0.3 is 0 Å². The highest BCUT2D eigenvalue weighted by atomic mass is 32.2. The Morgan fingerprint density at radius 2 is 1.95 bits per heavy atom. The third kappa shape index (κ3) is 2.76. The van der Waals surface area contributed by atoms with E-state index in [1.807, 2.05) is 6.92 Å². The zero-order valence-corrected chi connectivity index (χ0v) is 12.9. The zero-order chi connectivity index (χ0) is 14.8. The van der Waals surface area contributed by atoms with E-state index in [0.29, 0.717) is 18.0 Å². The molecule has 1 aliphatic heterocycles. The molecule has 0 N–H and O–H groups in total. The van der Waals surface area contributed by atoms with Crippen LogP contribution in [-0.4, -0.2) is 39.5 Å². The average Bonchev–Trinajstić information content (AvgIpc) is 2.46. The second-order valence-electron chi connectivity index (χ2n) is 4.98. The molecule has 1 unspecified atom stereocenters. The number of nitrogens with zero attached hydrogens (tertiary/aromatic N) is 1. The Morgan fingerprint density at radius 3 is 2.55 bits per heavy atom. The maximum absolute atomic E-state index is 12.8. The first-order valence-corrected chi connectivity index (χ1v) is 8.18. The number of rotatable bonds is 4. The lowest BCUT2D eigenvalue weighted by atomic mass is 10.1. The second kappa shape index (κ2) is 6.01. The van der Waals surface area contributed by atoms with E-state index in [2.05, 4.69) is 0 Å². The van der Waals surface area contributed by atoms with Crippen molar-refractivity contribution in [2.75, 3.05) is 20.8 Å². The molecule has 1 heterocycles. The summed E-state index contributed by atoms with van der Waals surface area (Å²) < 4.78 is 37.6. The summed E-state index contributed by atoms with van der Waals surface area (Å²) in [5.41, 5.74) is 0. The van der Waals surface area contributed by atoms with Gasteiger partial charge in [-0.1, -0.05) is 6.42 Å². The van der Waals surface area contributed by atoms with Gasteiger partial charge in [-0.05, 0) is 31.9 Å². The Balaban J connectivity index is 2.47. The van der Waals surface area contributed by atoms with Crippen molar-refractivity contribution < 1.29 is 17.9 Å². The number of hydrogen-bond donors (Lipinski definition) is 0. The van der Waals surface area contributed by atoms with Crippen LogP contribution in [0.3, 0.4) is 0 Å². The van der Waals surface area contributed by atoms with Crippen LogP contribution in [0, 0.1) is 0 Å². The summed E-state index contributed by atoms with van der Waals surface area (Å²) in [5.74, 6) is 0.859. The highest BCUT2D eigenvalue weighted by molar-refractivity contribution is 7.89. The molecule has 0 bridgehead atoms. The molecular weight excluding hydrogens is 278 g/mol. The minimum absolute atomic E-state index is 0.0182. The lowest BCUT2D eigenvalue weighted by Crippen LogP contribution is -2.42. The van der Waals surface area contributed by atoms with Gasteiger partial charge in [0.15, 0.2) is 0 Å². The van der Waals surface area contributed by atoms with Crippen LogP contribution in [0.15, 0.2) is 23.1 Å². The largest absolute Gasteiger partial charge is 0.497 e. The molecule has 20 heavy (non-hydrogen) atoms. The Labute approximate surface area is 120 Å². The molecule has 1 atom stereocenters. The third-order valence-corrected chi connectivity index (χ3v) is 5.73. The molecule has 1 aliphatic rings. The quantitative estimate of drug-likeness (QED) is 0.856. The molecule has 112 valence electrons. The first-order chi connectivity index (χ1) is 9.50. The summed E-state index contributed by atoms with van der Waals surface area (Å²) in [7, 11) is -0.570. The fourth-order valence-electron chi connectivity index (χ4n) is 2.54. The molecule has 6 heteroatoms. The molecule has 0 amide bonds. The average molecular weight is 299 g/mol. The van der Waals surface area contributed by atoms with Crippen LogP contribution in [-0.2, 0) is 10.0 Å². The van der Waals surface area contributed by atoms with Gasteiger partial charge in [0, 0.05) is 18.7 Å². The predicted octanol–water partition coefficient (Wildman–Crippen LogP) is 2.27. The van der Waals surface area contributed by atoms with E-state index in [1.165, 1.54) is 20.3 Å². The van der Waals surface area contributed by atoms with E-state index in [-0.39, 0.29) is 10.9 Å². The van der Waals surface area contributed by atoms with Crippen LogP contribution in [0.25, 0.3) is 0 Å². The molecule has 1 fully saturated rings. The summed E-state index contributed by atoms with van der Waals surface area (Å²) in [5, 5.41) is 0. The molecule has 1 saturated heterocycles. The maximum atomic E-state index is 12.8. The van der Waals surface area contributed by atoms with Gasteiger partial charge < -0.3 is 9.47 Å². The molecular formula is C14H21NO4S. The number of piperidine rings is 1. The number of benzene rings is 1. The van der Waals surface area contributed by atoms with Crippen LogP contribution < -0.4 is 9.47 Å². The van der Waals surface area contributed by atoms with Crippen molar-refractivity contribution in [2.45, 2.75) is 37.1 Å². The first-order valence-electron chi connectivity index (χ1n) is 6.74. The second-order valence-corrected chi connectivity index (χ2v) is 6.84. The molecule has 0 aromatic heterocycles. The molecule has 5 nitrogen and oxygen atoms in total. The Bertz CT molecular complexity index is 571. The van der Waals surface area contributed by atoms with Gasteiger partial charge in [0.2, 0.25) is 10.0 Å². The van der Waals surface area contributed by atoms with E-state index in [0.717, 1.165) is 19.3 Å². The van der Waals surface area contributed by atoms with Crippen molar-refractivity contribution >= 4 is 10.0 Å². The molecule has 1 aromatic carbocycles. The molecule has 0 radical (unpaired) electrons. The number of hydrogen-bond acceptors (Lipinski definition) is 4. The first kappa shape index (κ1) is 15.1. The topological polar surface area (TPSA) is 55.8 Å². The van der Waals surface area contributed by atoms with Crippen LogP contribution >= 0.6 is 0 Å². The van der Waals surface area contributed by atoms with Gasteiger partial charge in [-0.2, -0.15) is 4.31 Å². The molecule has 0 aliphatic carbocycles. The maximum Gasteiger partial charge on any atom is 0.247 e. The van der Waals surface area contributed by atoms with Crippen molar-refractivity contribution in [3.05, 3.63) is 18.2 Å². The number of ether oxygens (including phenoxy) is 2. The van der Waals surface area contributed by atoms with Gasteiger partial charge in [-0.25, -0.2) is 8.42 Å². The summed E-state index contributed by atoms with van der Waals surface area (Å²) in [4.78, 5) is 0.174. The fourth-order valence-corrected chi connectivity index (χ4v) is 4.41. The number of sulfonamides is 1. The summed E-state index contributed by atoms with van der Waals surface area (Å²) in [6.45, 7) is 2.51. The van der Waals surface area contributed by atoms with E-state index in [1.54, 1.807) is 16.4 Å². The summed E-state index contributed by atoms with van der Waals surface area (Å²) in [6, 6.07) is 4.86. The fraction of sp³-hybridized carbons (Fsp3) is 0.571. The van der Waals surface area contributed by atoms with E-state index in [4.69, 9.17) is 9.47 Å². The van der Waals surface area contributed by atoms with E-state index in [9.17, 15) is 8.42 Å². The Hall–Kier alpha value is -1.27. The summed E-state index contributed by atoms with van der Waals surface area (Å²) >= 11 is 0. The van der Waals surface area contributed by atoms with Crippen molar-refractivity contribution in [3.8, 4) is 11.5 Å². The minimum atomic E-state index is -3.56. The van der Waals surface area contributed by atoms with Crippen molar-refractivity contribution in [1.29, 1.82) is 0 Å². The van der Waals surface area contributed by atoms with Crippen LogP contribution in [0.5, 0.6) is 11.5 Å². The normalized spacial score (nSPS) is 20.6. The number of methoxy groups -OCH3 is 2. The lowest BCUT2D eigenvalue weighted by molar-refractivity contribution is 0.267. The Kier molecular flexibility index (Phi) is 4.55. The SMILES string of the molecule is COc1ccc(OC)c(S(=O)(=O)N2CCCCC2C)c1. The zero-order valence-electron chi connectivity index (χ0n) is 12.1. The minimum Gasteiger partial charge on any atom is -0.497 e. The van der Waals surface area contributed by atoms with Gasteiger partial charge in [0.05, 0.1) is 14.2 Å². The molecule has 0 saturated carbocycles. The van der Waals surface area contributed by atoms with Crippen LogP contribution in [0.4, 0.5) is 0 Å². The van der Waals surface area contributed by atoms with Crippen LogP contribution in [0.1, 0.15) is 26.2 Å². The van der Waals surface area contributed by atoms with Gasteiger partial charge in [0.1, 0.15) is 16.4 Å². The predicted molar refractivity (Wildman–Crippen MR) is 76.8 cm³/mol. The third-order valence-electron chi connectivity index (χ3n) is 3.70. The van der Waals surface area contributed by atoms with Crippen molar-refractivity contribution in [3.63, 3.8) is 0 Å².